The highest BCUT2D eigenvalue weighted by atomic mass is 15.1. The minimum absolute atomic E-state index is 0.333. The first-order valence-corrected chi connectivity index (χ1v) is 5.20. The highest BCUT2D eigenvalue weighted by molar-refractivity contribution is 5.06. The highest BCUT2D eigenvalue weighted by Crippen LogP contribution is 2.53. The van der Waals surface area contributed by atoms with E-state index in [1.54, 1.807) is 0 Å². The minimum atomic E-state index is 0.333. The van der Waals surface area contributed by atoms with Gasteiger partial charge < -0.3 is 10.6 Å². The van der Waals surface area contributed by atoms with Crippen molar-refractivity contribution in [1.29, 1.82) is 0 Å². The summed E-state index contributed by atoms with van der Waals surface area (Å²) in [5, 5.41) is 0. The van der Waals surface area contributed by atoms with Crippen molar-refractivity contribution in [1.82, 2.24) is 4.90 Å². The van der Waals surface area contributed by atoms with Crippen LogP contribution in [0.3, 0.4) is 0 Å². The van der Waals surface area contributed by atoms with Gasteiger partial charge in [0.25, 0.3) is 0 Å². The molecule has 0 saturated heterocycles. The lowest BCUT2D eigenvalue weighted by Crippen LogP contribution is -2.48. The fourth-order valence-corrected chi connectivity index (χ4v) is 2.99. The van der Waals surface area contributed by atoms with Gasteiger partial charge in [-0.2, -0.15) is 0 Å². The normalized spacial score (nSPS) is 23.3. The summed E-state index contributed by atoms with van der Waals surface area (Å²) in [5.74, 6) is 0. The second kappa shape index (κ2) is 3.25. The molecule has 0 amide bonds. The molecule has 1 unspecified atom stereocenters. The van der Waals surface area contributed by atoms with Crippen LogP contribution < -0.4 is 5.73 Å². The van der Waals surface area contributed by atoms with Crippen molar-refractivity contribution in [2.24, 2.45) is 16.6 Å². The van der Waals surface area contributed by atoms with Gasteiger partial charge >= 0.3 is 0 Å². The van der Waals surface area contributed by atoms with E-state index in [0.717, 1.165) is 6.54 Å². The topological polar surface area (TPSA) is 29.3 Å². The lowest BCUT2D eigenvalue weighted by atomic mass is 9.76. The van der Waals surface area contributed by atoms with E-state index in [1.807, 2.05) is 0 Å². The molecular weight excluding hydrogens is 160 g/mol. The second-order valence-corrected chi connectivity index (χ2v) is 5.80. The van der Waals surface area contributed by atoms with Gasteiger partial charge in [-0.15, -0.1) is 0 Å². The van der Waals surface area contributed by atoms with Crippen molar-refractivity contribution >= 4 is 0 Å². The zero-order chi connectivity index (χ0) is 10.3. The molecule has 1 atom stereocenters. The van der Waals surface area contributed by atoms with E-state index in [9.17, 15) is 0 Å². The predicted octanol–water partition coefficient (Wildman–Crippen LogP) is 1.70. The third-order valence-corrected chi connectivity index (χ3v) is 3.22. The lowest BCUT2D eigenvalue weighted by Gasteiger charge is -2.42. The third-order valence-electron chi connectivity index (χ3n) is 3.22. The maximum atomic E-state index is 5.88. The zero-order valence-corrected chi connectivity index (χ0v) is 9.72. The smallest absolute Gasteiger partial charge is 0.0206 e. The van der Waals surface area contributed by atoms with Gasteiger partial charge in [0.05, 0.1) is 0 Å². The molecule has 0 bridgehead atoms. The van der Waals surface area contributed by atoms with Crippen molar-refractivity contribution in [3.05, 3.63) is 0 Å². The van der Waals surface area contributed by atoms with Crippen LogP contribution in [-0.2, 0) is 0 Å². The maximum absolute atomic E-state index is 5.88. The molecule has 1 rings (SSSR count). The first-order valence-electron chi connectivity index (χ1n) is 5.20. The Labute approximate surface area is 82.5 Å². The fourth-order valence-electron chi connectivity index (χ4n) is 2.99. The minimum Gasteiger partial charge on any atom is -0.330 e. The van der Waals surface area contributed by atoms with Crippen LogP contribution in [0, 0.1) is 10.8 Å². The molecule has 1 saturated carbocycles. The van der Waals surface area contributed by atoms with Gasteiger partial charge in [0, 0.05) is 6.04 Å². The quantitative estimate of drug-likeness (QED) is 0.723. The monoisotopic (exact) mass is 184 g/mol. The summed E-state index contributed by atoms with van der Waals surface area (Å²) in [6.07, 6.45) is 2.62. The van der Waals surface area contributed by atoms with E-state index in [1.165, 1.54) is 12.8 Å². The first kappa shape index (κ1) is 11.0. The van der Waals surface area contributed by atoms with E-state index in [-0.39, 0.29) is 0 Å². The SMILES string of the molecule is CN(C)C(C(C)(C)C)C1(CN)CC1. The molecule has 1 aliphatic rings. The molecule has 0 aromatic heterocycles. The van der Waals surface area contributed by atoms with Gasteiger partial charge in [-0.25, -0.2) is 0 Å². The highest BCUT2D eigenvalue weighted by Gasteiger charge is 2.53. The summed E-state index contributed by atoms with van der Waals surface area (Å²) in [6, 6.07) is 0.616. The van der Waals surface area contributed by atoms with Crippen LogP contribution in [0.5, 0.6) is 0 Å². The summed E-state index contributed by atoms with van der Waals surface area (Å²) >= 11 is 0. The fraction of sp³-hybridized carbons (Fsp3) is 1.00. The Bertz CT molecular complexity index is 175. The zero-order valence-electron chi connectivity index (χ0n) is 9.72. The summed E-state index contributed by atoms with van der Waals surface area (Å²) < 4.78 is 0. The summed E-state index contributed by atoms with van der Waals surface area (Å²) in [7, 11) is 4.34. The van der Waals surface area contributed by atoms with Crippen LogP contribution in [0.1, 0.15) is 33.6 Å². The van der Waals surface area contributed by atoms with Crippen LogP contribution in [0.15, 0.2) is 0 Å². The Kier molecular flexibility index (Phi) is 2.75. The van der Waals surface area contributed by atoms with Crippen molar-refractivity contribution in [2.75, 3.05) is 20.6 Å². The second-order valence-electron chi connectivity index (χ2n) is 5.80. The Hall–Kier alpha value is -0.0800. The Morgan fingerprint density at radius 3 is 1.85 bits per heavy atom. The average molecular weight is 184 g/mol. The number of hydrogen-bond donors (Lipinski definition) is 1. The van der Waals surface area contributed by atoms with Gasteiger partial charge in [0.15, 0.2) is 0 Å². The molecule has 0 aromatic rings. The van der Waals surface area contributed by atoms with Gasteiger partial charge in [-0.3, -0.25) is 0 Å². The maximum Gasteiger partial charge on any atom is 0.0206 e. The average Bonchev–Trinajstić information content (AvgIpc) is 2.65. The molecule has 13 heavy (non-hydrogen) atoms. The largest absolute Gasteiger partial charge is 0.330 e. The number of rotatable bonds is 3. The number of nitrogens with two attached hydrogens (primary N) is 1. The summed E-state index contributed by atoms with van der Waals surface area (Å²) in [6.45, 7) is 7.78. The van der Waals surface area contributed by atoms with Crippen LogP contribution in [0.4, 0.5) is 0 Å². The van der Waals surface area contributed by atoms with E-state index in [0.29, 0.717) is 16.9 Å². The Morgan fingerprint density at radius 1 is 1.31 bits per heavy atom. The molecule has 2 nitrogen and oxygen atoms in total. The van der Waals surface area contributed by atoms with Crippen molar-refractivity contribution < 1.29 is 0 Å². The van der Waals surface area contributed by atoms with Crippen molar-refractivity contribution in [3.63, 3.8) is 0 Å². The number of hydrogen-bond acceptors (Lipinski definition) is 2. The van der Waals surface area contributed by atoms with Gasteiger partial charge in [0.2, 0.25) is 0 Å². The molecule has 0 radical (unpaired) electrons. The van der Waals surface area contributed by atoms with Crippen LogP contribution >= 0.6 is 0 Å². The molecule has 0 heterocycles. The molecule has 1 aliphatic carbocycles. The van der Waals surface area contributed by atoms with Crippen LogP contribution in [-0.4, -0.2) is 31.6 Å². The Balaban J connectivity index is 2.81. The molecule has 78 valence electrons. The third kappa shape index (κ3) is 2.05. The standard InChI is InChI=1S/C11H24N2/c1-10(2,3)9(13(4)5)11(8-12)6-7-11/h9H,6-8,12H2,1-5H3. The Morgan fingerprint density at radius 2 is 1.77 bits per heavy atom. The van der Waals surface area contributed by atoms with Gasteiger partial charge in [-0.1, -0.05) is 20.8 Å². The molecule has 2 heteroatoms. The van der Waals surface area contributed by atoms with Crippen LogP contribution in [0.2, 0.25) is 0 Å². The molecule has 2 N–H and O–H groups in total. The lowest BCUT2D eigenvalue weighted by molar-refractivity contribution is 0.0828. The molecule has 1 fully saturated rings. The summed E-state index contributed by atoms with van der Waals surface area (Å²) in [5.41, 5.74) is 6.63. The molecular formula is C11H24N2. The molecule has 0 aromatic carbocycles. The first-order chi connectivity index (χ1) is 5.83. The molecule has 0 aliphatic heterocycles. The van der Waals surface area contributed by atoms with Crippen LogP contribution in [0.25, 0.3) is 0 Å². The summed E-state index contributed by atoms with van der Waals surface area (Å²) in [4.78, 5) is 2.35. The number of nitrogens with zero attached hydrogens (tertiary/aromatic N) is 1. The van der Waals surface area contributed by atoms with E-state index >= 15 is 0 Å². The molecule has 0 spiro atoms. The van der Waals surface area contributed by atoms with Gasteiger partial charge in [0.1, 0.15) is 0 Å². The van der Waals surface area contributed by atoms with Crippen molar-refractivity contribution in [2.45, 2.75) is 39.7 Å². The van der Waals surface area contributed by atoms with Crippen molar-refractivity contribution in [3.8, 4) is 0 Å². The van der Waals surface area contributed by atoms with E-state index in [4.69, 9.17) is 5.73 Å². The van der Waals surface area contributed by atoms with Gasteiger partial charge in [-0.05, 0) is 44.3 Å². The van der Waals surface area contributed by atoms with E-state index < -0.39 is 0 Å². The van der Waals surface area contributed by atoms with E-state index in [2.05, 4.69) is 39.8 Å². The predicted molar refractivity (Wildman–Crippen MR) is 57.7 cm³/mol.